The van der Waals surface area contributed by atoms with Gasteiger partial charge in [0, 0.05) is 22.7 Å². The Morgan fingerprint density at radius 1 is 0.952 bits per heavy atom. The van der Waals surface area contributed by atoms with Gasteiger partial charge in [-0.15, -0.1) is 0 Å². The van der Waals surface area contributed by atoms with Crippen molar-refractivity contribution >= 4 is 11.6 Å². The lowest BCUT2D eigenvalue weighted by molar-refractivity contribution is 0.499. The zero-order valence-electron chi connectivity index (χ0n) is 11.3. The second kappa shape index (κ2) is 6.03. The average molecular weight is 318 g/mol. The summed E-state index contributed by atoms with van der Waals surface area (Å²) in [7, 11) is 1.47. The molecule has 112 valence electrons. The molecule has 0 saturated carbocycles. The lowest BCUT2D eigenvalue weighted by atomic mass is 9.96. The van der Waals surface area contributed by atoms with Gasteiger partial charge in [-0.1, -0.05) is 11.6 Å². The molecule has 2 aromatic rings. The van der Waals surface area contributed by atoms with Crippen LogP contribution in [-0.2, 0) is 0 Å². The smallest absolute Gasteiger partial charge is 0.134 e. The zero-order chi connectivity index (χ0) is 15.7. The minimum absolute atomic E-state index is 0.0283. The Hall–Kier alpha value is -1.59. The first-order valence-electron chi connectivity index (χ1n) is 6.12. The van der Waals surface area contributed by atoms with Crippen LogP contribution < -0.4 is 5.32 Å². The highest BCUT2D eigenvalue weighted by Gasteiger charge is 2.24. The molecular weight excluding hydrogens is 306 g/mol. The molecule has 0 amide bonds. The number of halogens is 5. The van der Waals surface area contributed by atoms with E-state index in [1.807, 2.05) is 0 Å². The molecule has 0 aliphatic heterocycles. The minimum Gasteiger partial charge on any atom is -0.309 e. The van der Waals surface area contributed by atoms with Gasteiger partial charge in [0.15, 0.2) is 0 Å². The van der Waals surface area contributed by atoms with E-state index in [4.69, 9.17) is 11.6 Å². The molecule has 1 nitrogen and oxygen atoms in total. The Morgan fingerprint density at radius 3 is 2.05 bits per heavy atom. The molecule has 21 heavy (non-hydrogen) atoms. The van der Waals surface area contributed by atoms with Crippen molar-refractivity contribution in [2.45, 2.75) is 13.0 Å². The van der Waals surface area contributed by atoms with E-state index >= 15 is 0 Å². The van der Waals surface area contributed by atoms with Crippen LogP contribution in [0.1, 0.15) is 22.7 Å². The van der Waals surface area contributed by atoms with Crippen molar-refractivity contribution in [3.05, 3.63) is 69.2 Å². The van der Waals surface area contributed by atoms with Gasteiger partial charge < -0.3 is 5.32 Å². The maximum absolute atomic E-state index is 13.9. The van der Waals surface area contributed by atoms with Crippen LogP contribution in [0.5, 0.6) is 0 Å². The van der Waals surface area contributed by atoms with Crippen molar-refractivity contribution in [3.63, 3.8) is 0 Å². The molecule has 6 heteroatoms. The molecule has 0 aromatic heterocycles. The molecule has 0 bridgehead atoms. The predicted octanol–water partition coefficient (Wildman–Crippen LogP) is 4.51. The molecule has 0 aliphatic carbocycles. The van der Waals surface area contributed by atoms with Crippen LogP contribution in [0.3, 0.4) is 0 Å². The van der Waals surface area contributed by atoms with Crippen LogP contribution in [-0.4, -0.2) is 7.05 Å². The SMILES string of the molecule is CNC(c1cc(C)c(F)cc1Cl)c1c(F)cc(F)cc1F. The summed E-state index contributed by atoms with van der Waals surface area (Å²) < 4.78 is 54.3. The predicted molar refractivity (Wildman–Crippen MR) is 73.4 cm³/mol. The average Bonchev–Trinajstić information content (AvgIpc) is 2.38. The van der Waals surface area contributed by atoms with Gasteiger partial charge in [0.25, 0.3) is 0 Å². The van der Waals surface area contributed by atoms with E-state index in [0.29, 0.717) is 17.7 Å². The monoisotopic (exact) mass is 317 g/mol. The van der Waals surface area contributed by atoms with Gasteiger partial charge >= 0.3 is 0 Å². The first kappa shape index (κ1) is 15.8. The fourth-order valence-corrected chi connectivity index (χ4v) is 2.44. The standard InChI is InChI=1S/C15H12ClF4N/c1-7-3-9(10(16)6-11(7)18)15(21-2)14-12(19)4-8(17)5-13(14)20/h3-6,15,21H,1-2H3. The summed E-state index contributed by atoms with van der Waals surface area (Å²) in [6.07, 6.45) is 0. The van der Waals surface area contributed by atoms with E-state index in [2.05, 4.69) is 5.32 Å². The zero-order valence-corrected chi connectivity index (χ0v) is 12.0. The van der Waals surface area contributed by atoms with Gasteiger partial charge in [-0.05, 0) is 37.2 Å². The van der Waals surface area contributed by atoms with Crippen molar-refractivity contribution in [3.8, 4) is 0 Å². The number of rotatable bonds is 3. The summed E-state index contributed by atoms with van der Waals surface area (Å²) in [6.45, 7) is 1.51. The van der Waals surface area contributed by atoms with Crippen molar-refractivity contribution < 1.29 is 17.6 Å². The third-order valence-electron chi connectivity index (χ3n) is 3.21. The Labute approximate surface area is 124 Å². The molecule has 0 heterocycles. The second-order valence-electron chi connectivity index (χ2n) is 4.63. The number of benzene rings is 2. The molecule has 0 saturated heterocycles. The highest BCUT2D eigenvalue weighted by molar-refractivity contribution is 6.31. The van der Waals surface area contributed by atoms with Crippen LogP contribution in [0.15, 0.2) is 24.3 Å². The molecule has 0 aliphatic rings. The lowest BCUT2D eigenvalue weighted by Gasteiger charge is -2.20. The summed E-state index contributed by atoms with van der Waals surface area (Å²) in [5.41, 5.74) is 0.229. The van der Waals surface area contributed by atoms with Gasteiger partial charge in [-0.25, -0.2) is 17.6 Å². The van der Waals surface area contributed by atoms with Crippen molar-refractivity contribution in [1.82, 2.24) is 5.32 Å². The summed E-state index contributed by atoms with van der Waals surface area (Å²) in [5.74, 6) is -3.60. The highest BCUT2D eigenvalue weighted by atomic mass is 35.5. The molecule has 0 fully saturated rings. The van der Waals surface area contributed by atoms with Crippen LogP contribution in [0.4, 0.5) is 17.6 Å². The molecule has 1 unspecified atom stereocenters. The minimum atomic E-state index is -1.04. The fraction of sp³-hybridized carbons (Fsp3) is 0.200. The van der Waals surface area contributed by atoms with Crippen LogP contribution in [0, 0.1) is 30.2 Å². The quantitative estimate of drug-likeness (QED) is 0.821. The van der Waals surface area contributed by atoms with E-state index in [1.165, 1.54) is 20.0 Å². The second-order valence-corrected chi connectivity index (χ2v) is 5.03. The number of hydrogen-bond donors (Lipinski definition) is 1. The van der Waals surface area contributed by atoms with Gasteiger partial charge in [0.05, 0.1) is 6.04 Å². The molecule has 2 rings (SSSR count). The summed E-state index contributed by atoms with van der Waals surface area (Å²) in [6, 6.07) is 2.70. The van der Waals surface area contributed by atoms with Gasteiger partial charge in [0.1, 0.15) is 23.3 Å². The third kappa shape index (κ3) is 3.04. The maximum Gasteiger partial charge on any atom is 0.134 e. The summed E-state index contributed by atoms with van der Waals surface area (Å²) in [4.78, 5) is 0. The topological polar surface area (TPSA) is 12.0 Å². The molecule has 1 atom stereocenters. The van der Waals surface area contributed by atoms with Crippen molar-refractivity contribution in [1.29, 1.82) is 0 Å². The molecule has 1 N–H and O–H groups in total. The Morgan fingerprint density at radius 2 is 1.52 bits per heavy atom. The lowest BCUT2D eigenvalue weighted by Crippen LogP contribution is -2.21. The Balaban J connectivity index is 2.63. The van der Waals surface area contributed by atoms with Crippen LogP contribution in [0.2, 0.25) is 5.02 Å². The maximum atomic E-state index is 13.9. The summed E-state index contributed by atoms with van der Waals surface area (Å²) >= 11 is 5.96. The highest BCUT2D eigenvalue weighted by Crippen LogP contribution is 2.33. The van der Waals surface area contributed by atoms with E-state index in [9.17, 15) is 17.6 Å². The van der Waals surface area contributed by atoms with Crippen molar-refractivity contribution in [2.24, 2.45) is 0 Å². The largest absolute Gasteiger partial charge is 0.309 e. The van der Waals surface area contributed by atoms with Crippen LogP contribution >= 0.6 is 11.6 Å². The Kier molecular flexibility index (Phi) is 4.54. The van der Waals surface area contributed by atoms with Crippen molar-refractivity contribution in [2.75, 3.05) is 7.05 Å². The third-order valence-corrected chi connectivity index (χ3v) is 3.54. The van der Waals surface area contributed by atoms with E-state index in [-0.39, 0.29) is 16.1 Å². The van der Waals surface area contributed by atoms with E-state index in [0.717, 1.165) is 6.07 Å². The summed E-state index contributed by atoms with van der Waals surface area (Å²) in [5, 5.41) is 2.74. The fourth-order valence-electron chi connectivity index (χ4n) is 2.19. The number of aryl methyl sites for hydroxylation is 1. The number of nitrogens with one attached hydrogen (secondary N) is 1. The van der Waals surface area contributed by atoms with Gasteiger partial charge in [0.2, 0.25) is 0 Å². The van der Waals surface area contributed by atoms with Gasteiger partial charge in [-0.3, -0.25) is 0 Å². The Bertz CT molecular complexity index is 665. The molecular formula is C15H12ClF4N. The van der Waals surface area contributed by atoms with Crippen LogP contribution in [0.25, 0.3) is 0 Å². The molecule has 2 aromatic carbocycles. The normalized spacial score (nSPS) is 12.5. The first-order valence-corrected chi connectivity index (χ1v) is 6.50. The molecule has 0 radical (unpaired) electrons. The number of hydrogen-bond acceptors (Lipinski definition) is 1. The van der Waals surface area contributed by atoms with E-state index < -0.39 is 29.3 Å². The molecule has 0 spiro atoms. The first-order chi connectivity index (χ1) is 9.85. The van der Waals surface area contributed by atoms with E-state index in [1.54, 1.807) is 0 Å². The van der Waals surface area contributed by atoms with Gasteiger partial charge in [-0.2, -0.15) is 0 Å².